The van der Waals surface area contributed by atoms with Crippen molar-refractivity contribution < 1.29 is 4.74 Å². The Morgan fingerprint density at radius 1 is 1.13 bits per heavy atom. The number of benzene rings is 2. The molecule has 0 unspecified atom stereocenters. The average Bonchev–Trinajstić information content (AvgIpc) is 2.27. The summed E-state index contributed by atoms with van der Waals surface area (Å²) in [6, 6.07) is 11.4. The first kappa shape index (κ1) is 9.52. The molecule has 15 heavy (non-hydrogen) atoms. The normalized spacial score (nSPS) is 10.2. The highest BCUT2D eigenvalue weighted by Gasteiger charge is 2.06. The number of hydrogen-bond acceptors (Lipinski definition) is 2. The minimum absolute atomic E-state index is 0.0776. The molecule has 3 nitrogen and oxygen atoms in total. The Morgan fingerprint density at radius 2 is 1.80 bits per heavy atom. The van der Waals surface area contributed by atoms with E-state index in [1.54, 1.807) is 7.11 Å². The van der Waals surface area contributed by atoms with Crippen LogP contribution in [0.25, 0.3) is 10.8 Å². The molecular formula is C12H12N2O. The predicted molar refractivity (Wildman–Crippen MR) is 61.5 cm³/mol. The van der Waals surface area contributed by atoms with Crippen molar-refractivity contribution in [2.24, 2.45) is 5.73 Å². The maximum atomic E-state index is 7.48. The molecule has 0 atom stereocenters. The third-order valence-electron chi connectivity index (χ3n) is 2.39. The van der Waals surface area contributed by atoms with Crippen LogP contribution < -0.4 is 10.5 Å². The molecule has 3 heteroatoms. The first-order chi connectivity index (χ1) is 7.24. The Kier molecular flexibility index (Phi) is 2.29. The minimum Gasteiger partial charge on any atom is -0.496 e. The van der Waals surface area contributed by atoms with Gasteiger partial charge in [0.05, 0.1) is 7.11 Å². The van der Waals surface area contributed by atoms with Crippen molar-refractivity contribution in [1.82, 2.24) is 0 Å². The lowest BCUT2D eigenvalue weighted by atomic mass is 10.0. The van der Waals surface area contributed by atoms with E-state index in [-0.39, 0.29) is 5.84 Å². The zero-order valence-corrected chi connectivity index (χ0v) is 8.45. The van der Waals surface area contributed by atoms with Gasteiger partial charge >= 0.3 is 0 Å². The van der Waals surface area contributed by atoms with Crippen LogP contribution in [-0.2, 0) is 0 Å². The lowest BCUT2D eigenvalue weighted by Gasteiger charge is -2.08. The minimum atomic E-state index is 0.0776. The summed E-state index contributed by atoms with van der Waals surface area (Å²) < 4.78 is 5.25. The lowest BCUT2D eigenvalue weighted by Crippen LogP contribution is -2.11. The lowest BCUT2D eigenvalue weighted by molar-refractivity contribution is 0.420. The SMILES string of the molecule is COc1ccc(C(=N)N)c2ccccc12. The number of nitrogen functional groups attached to an aromatic ring is 1. The molecule has 0 aromatic heterocycles. The summed E-state index contributed by atoms with van der Waals surface area (Å²) in [6.07, 6.45) is 0. The molecule has 0 fully saturated rings. The first-order valence-corrected chi connectivity index (χ1v) is 4.64. The van der Waals surface area contributed by atoms with Crippen LogP contribution in [0.3, 0.4) is 0 Å². The van der Waals surface area contributed by atoms with Gasteiger partial charge in [0.2, 0.25) is 0 Å². The van der Waals surface area contributed by atoms with E-state index in [0.717, 1.165) is 22.1 Å². The van der Waals surface area contributed by atoms with Gasteiger partial charge in [-0.1, -0.05) is 24.3 Å². The van der Waals surface area contributed by atoms with E-state index in [9.17, 15) is 0 Å². The van der Waals surface area contributed by atoms with Crippen LogP contribution in [0.1, 0.15) is 5.56 Å². The summed E-state index contributed by atoms with van der Waals surface area (Å²) >= 11 is 0. The zero-order chi connectivity index (χ0) is 10.8. The van der Waals surface area contributed by atoms with Gasteiger partial charge in [-0.25, -0.2) is 0 Å². The van der Waals surface area contributed by atoms with Crippen molar-refractivity contribution >= 4 is 16.6 Å². The summed E-state index contributed by atoms with van der Waals surface area (Å²) in [5.41, 5.74) is 6.26. The van der Waals surface area contributed by atoms with Gasteiger partial charge in [0.25, 0.3) is 0 Å². The monoisotopic (exact) mass is 200 g/mol. The maximum Gasteiger partial charge on any atom is 0.126 e. The molecule has 2 aromatic rings. The largest absolute Gasteiger partial charge is 0.496 e. The van der Waals surface area contributed by atoms with Crippen molar-refractivity contribution in [3.8, 4) is 5.75 Å². The quantitative estimate of drug-likeness (QED) is 0.576. The number of amidine groups is 1. The highest BCUT2D eigenvalue weighted by Crippen LogP contribution is 2.27. The number of nitrogens with one attached hydrogen (secondary N) is 1. The second-order valence-electron chi connectivity index (χ2n) is 3.27. The molecular weight excluding hydrogens is 188 g/mol. The topological polar surface area (TPSA) is 59.1 Å². The van der Waals surface area contributed by atoms with Crippen molar-refractivity contribution in [1.29, 1.82) is 5.41 Å². The third kappa shape index (κ3) is 1.52. The summed E-state index contributed by atoms with van der Waals surface area (Å²) in [6.45, 7) is 0. The van der Waals surface area contributed by atoms with Gasteiger partial charge in [-0.2, -0.15) is 0 Å². The van der Waals surface area contributed by atoms with Crippen LogP contribution >= 0.6 is 0 Å². The Labute approximate surface area is 88.0 Å². The molecule has 76 valence electrons. The molecule has 0 heterocycles. The highest BCUT2D eigenvalue weighted by molar-refractivity contribution is 6.09. The molecule has 3 N–H and O–H groups in total. The molecule has 0 saturated carbocycles. The second-order valence-corrected chi connectivity index (χ2v) is 3.27. The van der Waals surface area contributed by atoms with Crippen LogP contribution in [0.4, 0.5) is 0 Å². The van der Waals surface area contributed by atoms with Crippen molar-refractivity contribution in [2.75, 3.05) is 7.11 Å². The summed E-state index contributed by atoms with van der Waals surface area (Å²) in [5, 5.41) is 9.41. The fourth-order valence-electron chi connectivity index (χ4n) is 1.68. The van der Waals surface area contributed by atoms with E-state index >= 15 is 0 Å². The number of nitrogens with two attached hydrogens (primary N) is 1. The van der Waals surface area contributed by atoms with Gasteiger partial charge < -0.3 is 10.5 Å². The molecule has 0 aliphatic heterocycles. The number of fused-ring (bicyclic) bond motifs is 1. The fourth-order valence-corrected chi connectivity index (χ4v) is 1.68. The van der Waals surface area contributed by atoms with E-state index in [0.29, 0.717) is 0 Å². The van der Waals surface area contributed by atoms with Gasteiger partial charge in [-0.3, -0.25) is 5.41 Å². The Morgan fingerprint density at radius 3 is 2.40 bits per heavy atom. The van der Waals surface area contributed by atoms with E-state index in [4.69, 9.17) is 15.9 Å². The van der Waals surface area contributed by atoms with E-state index in [1.807, 2.05) is 36.4 Å². The second kappa shape index (κ2) is 3.61. The van der Waals surface area contributed by atoms with Crippen molar-refractivity contribution in [3.63, 3.8) is 0 Å². The van der Waals surface area contributed by atoms with Crippen LogP contribution in [-0.4, -0.2) is 12.9 Å². The molecule has 0 radical (unpaired) electrons. The number of rotatable bonds is 2. The maximum absolute atomic E-state index is 7.48. The van der Waals surface area contributed by atoms with Crippen molar-refractivity contribution in [3.05, 3.63) is 42.0 Å². The third-order valence-corrected chi connectivity index (χ3v) is 2.39. The molecule has 0 saturated heterocycles. The predicted octanol–water partition coefficient (Wildman–Crippen LogP) is 2.13. The molecule has 0 amide bonds. The van der Waals surface area contributed by atoms with Crippen LogP contribution in [0, 0.1) is 5.41 Å². The van der Waals surface area contributed by atoms with Gasteiger partial charge in [-0.05, 0) is 17.5 Å². The molecule has 0 aliphatic carbocycles. The summed E-state index contributed by atoms with van der Waals surface area (Å²) in [4.78, 5) is 0. The van der Waals surface area contributed by atoms with Gasteiger partial charge in [-0.15, -0.1) is 0 Å². The van der Waals surface area contributed by atoms with Gasteiger partial charge in [0.15, 0.2) is 0 Å². The van der Waals surface area contributed by atoms with E-state index < -0.39 is 0 Å². The molecule has 0 aliphatic rings. The highest BCUT2D eigenvalue weighted by atomic mass is 16.5. The van der Waals surface area contributed by atoms with Crippen LogP contribution in [0.5, 0.6) is 5.75 Å². The molecule has 2 aromatic carbocycles. The Hall–Kier alpha value is -2.03. The average molecular weight is 200 g/mol. The molecule has 0 spiro atoms. The smallest absolute Gasteiger partial charge is 0.126 e. The first-order valence-electron chi connectivity index (χ1n) is 4.64. The summed E-state index contributed by atoms with van der Waals surface area (Å²) in [5.74, 6) is 0.879. The van der Waals surface area contributed by atoms with Crippen LogP contribution in [0.15, 0.2) is 36.4 Å². The summed E-state index contributed by atoms with van der Waals surface area (Å²) in [7, 11) is 1.63. The zero-order valence-electron chi connectivity index (χ0n) is 8.45. The number of methoxy groups -OCH3 is 1. The standard InChI is InChI=1S/C12H12N2O/c1-15-11-7-6-10(12(13)14)8-4-2-3-5-9(8)11/h2-7H,1H3,(H3,13,14). The van der Waals surface area contributed by atoms with E-state index in [1.165, 1.54) is 0 Å². The molecule has 0 bridgehead atoms. The van der Waals surface area contributed by atoms with E-state index in [2.05, 4.69) is 0 Å². The Balaban J connectivity index is 2.83. The molecule has 2 rings (SSSR count). The van der Waals surface area contributed by atoms with Crippen molar-refractivity contribution in [2.45, 2.75) is 0 Å². The number of hydrogen-bond donors (Lipinski definition) is 2. The number of ether oxygens (including phenoxy) is 1. The van der Waals surface area contributed by atoms with Crippen LogP contribution in [0.2, 0.25) is 0 Å². The fraction of sp³-hybridized carbons (Fsp3) is 0.0833. The van der Waals surface area contributed by atoms with Gasteiger partial charge in [0, 0.05) is 10.9 Å². The Bertz CT molecular complexity index is 520. The van der Waals surface area contributed by atoms with Gasteiger partial charge in [0.1, 0.15) is 11.6 Å².